The summed E-state index contributed by atoms with van der Waals surface area (Å²) in [6, 6.07) is 0. The van der Waals surface area contributed by atoms with Crippen molar-refractivity contribution in [3.63, 3.8) is 0 Å². The Morgan fingerprint density at radius 1 is 0.875 bits per heavy atom. The van der Waals surface area contributed by atoms with Crippen molar-refractivity contribution in [1.29, 1.82) is 0 Å². The topological polar surface area (TPSA) is 17.1 Å². The monoisotopic (exact) mass is 230 g/mol. The minimum Gasteiger partial charge on any atom is -0.299 e. The van der Waals surface area contributed by atoms with Gasteiger partial charge in [0.1, 0.15) is 18.1 Å². The highest BCUT2D eigenvalue weighted by molar-refractivity contribution is 5.84. The highest BCUT2D eigenvalue weighted by Gasteiger charge is 2.36. The van der Waals surface area contributed by atoms with E-state index >= 15 is 0 Å². The predicted molar refractivity (Wildman–Crippen MR) is 58.7 cm³/mol. The van der Waals surface area contributed by atoms with Crippen molar-refractivity contribution in [3.8, 4) is 0 Å². The quantitative estimate of drug-likeness (QED) is 0.708. The predicted octanol–water partition coefficient (Wildman–Crippen LogP) is 3.61. The van der Waals surface area contributed by atoms with Gasteiger partial charge in [0.25, 0.3) is 0 Å². The van der Waals surface area contributed by atoms with Crippen LogP contribution in [0.2, 0.25) is 0 Å². The maximum atomic E-state index is 13.6. The molecule has 0 aromatic heterocycles. The smallest absolute Gasteiger partial charge is 0.141 e. The molecule has 0 aromatic carbocycles. The van der Waals surface area contributed by atoms with Crippen LogP contribution in [0.1, 0.15) is 51.4 Å². The van der Waals surface area contributed by atoms with Crippen molar-refractivity contribution in [2.75, 3.05) is 0 Å². The summed E-state index contributed by atoms with van der Waals surface area (Å²) in [5, 5.41) is 0. The van der Waals surface area contributed by atoms with Gasteiger partial charge in [-0.15, -0.1) is 0 Å². The van der Waals surface area contributed by atoms with Crippen LogP contribution in [0.15, 0.2) is 0 Å². The maximum absolute atomic E-state index is 13.6. The summed E-state index contributed by atoms with van der Waals surface area (Å²) < 4.78 is 26.6. The summed E-state index contributed by atoms with van der Waals surface area (Å²) in [5.74, 6) is -0.359. The number of halogens is 2. The van der Waals surface area contributed by atoms with Crippen molar-refractivity contribution >= 4 is 5.78 Å². The van der Waals surface area contributed by atoms with E-state index in [-0.39, 0.29) is 17.6 Å². The zero-order valence-electron chi connectivity index (χ0n) is 9.63. The van der Waals surface area contributed by atoms with E-state index in [9.17, 15) is 13.6 Å². The standard InChI is InChI=1S/C13H20F2O/c14-10-7-5-9(6-8-10)13(16)11-3-1-2-4-12(11)15/h9-12H,1-8H2. The molecule has 0 aliphatic heterocycles. The van der Waals surface area contributed by atoms with Crippen LogP contribution in [-0.4, -0.2) is 18.1 Å². The normalized spacial score (nSPS) is 40.6. The molecule has 2 aliphatic rings. The van der Waals surface area contributed by atoms with Gasteiger partial charge in [-0.3, -0.25) is 4.79 Å². The first kappa shape index (κ1) is 12.0. The van der Waals surface area contributed by atoms with E-state index in [1.54, 1.807) is 0 Å². The van der Waals surface area contributed by atoms with Crippen LogP contribution in [-0.2, 0) is 4.79 Å². The lowest BCUT2D eigenvalue weighted by molar-refractivity contribution is -0.131. The first-order valence-electron chi connectivity index (χ1n) is 6.50. The van der Waals surface area contributed by atoms with Gasteiger partial charge in [0.05, 0.1) is 0 Å². The molecule has 2 fully saturated rings. The summed E-state index contributed by atoms with van der Waals surface area (Å²) in [4.78, 5) is 12.1. The number of hydrogen-bond donors (Lipinski definition) is 0. The van der Waals surface area contributed by atoms with Gasteiger partial charge >= 0.3 is 0 Å². The number of Topliss-reactive ketones (excluding diaryl/α,β-unsaturated/α-hetero) is 1. The lowest BCUT2D eigenvalue weighted by atomic mass is 9.75. The van der Waals surface area contributed by atoms with Crippen molar-refractivity contribution in [1.82, 2.24) is 0 Å². The van der Waals surface area contributed by atoms with Crippen LogP contribution in [0, 0.1) is 11.8 Å². The third kappa shape index (κ3) is 2.61. The molecule has 2 rings (SSSR count). The maximum Gasteiger partial charge on any atom is 0.141 e. The SMILES string of the molecule is O=C(C1CCC(F)CC1)C1CCCCC1F. The van der Waals surface area contributed by atoms with Gasteiger partial charge in [-0.1, -0.05) is 12.8 Å². The molecule has 0 heterocycles. The molecule has 0 amide bonds. The molecule has 0 radical (unpaired) electrons. The number of carbonyl (C=O) groups is 1. The van der Waals surface area contributed by atoms with Gasteiger partial charge in [-0.25, -0.2) is 8.78 Å². The first-order chi connectivity index (χ1) is 7.68. The Hall–Kier alpha value is -0.470. The van der Waals surface area contributed by atoms with E-state index in [0.717, 1.165) is 12.8 Å². The number of alkyl halides is 2. The molecule has 0 saturated heterocycles. The largest absolute Gasteiger partial charge is 0.299 e. The molecule has 2 atom stereocenters. The molecule has 2 aliphatic carbocycles. The molecule has 16 heavy (non-hydrogen) atoms. The third-order valence-corrected chi connectivity index (χ3v) is 4.11. The van der Waals surface area contributed by atoms with E-state index in [1.807, 2.05) is 0 Å². The molecule has 2 unspecified atom stereocenters. The Morgan fingerprint density at radius 2 is 1.50 bits per heavy atom. The molecule has 92 valence electrons. The summed E-state index contributed by atoms with van der Waals surface area (Å²) in [7, 11) is 0. The molecule has 1 nitrogen and oxygen atoms in total. The van der Waals surface area contributed by atoms with Crippen LogP contribution in [0.25, 0.3) is 0 Å². The van der Waals surface area contributed by atoms with Crippen molar-refractivity contribution in [3.05, 3.63) is 0 Å². The van der Waals surface area contributed by atoms with Crippen LogP contribution in [0.3, 0.4) is 0 Å². The molecule has 0 aromatic rings. The zero-order valence-corrected chi connectivity index (χ0v) is 9.63. The fraction of sp³-hybridized carbons (Fsp3) is 0.923. The highest BCUT2D eigenvalue weighted by atomic mass is 19.1. The number of carbonyl (C=O) groups excluding carboxylic acids is 1. The fourth-order valence-corrected chi connectivity index (χ4v) is 3.05. The number of rotatable bonds is 2. The van der Waals surface area contributed by atoms with Crippen LogP contribution in [0.4, 0.5) is 8.78 Å². The van der Waals surface area contributed by atoms with E-state index in [4.69, 9.17) is 0 Å². The summed E-state index contributed by atoms with van der Waals surface area (Å²) in [6.45, 7) is 0. The molecule has 0 bridgehead atoms. The zero-order chi connectivity index (χ0) is 11.5. The average Bonchev–Trinajstić information content (AvgIpc) is 2.30. The third-order valence-electron chi connectivity index (χ3n) is 4.11. The summed E-state index contributed by atoms with van der Waals surface area (Å²) >= 11 is 0. The Kier molecular flexibility index (Phi) is 3.93. The summed E-state index contributed by atoms with van der Waals surface area (Å²) in [5.41, 5.74) is 0. The molecule has 0 spiro atoms. The molecular formula is C13H20F2O. The minimum atomic E-state index is -0.940. The second-order valence-electron chi connectivity index (χ2n) is 5.26. The lowest BCUT2D eigenvalue weighted by Crippen LogP contribution is -2.35. The van der Waals surface area contributed by atoms with Crippen LogP contribution in [0.5, 0.6) is 0 Å². The molecule has 3 heteroatoms. The molecule has 0 N–H and O–H groups in total. The van der Waals surface area contributed by atoms with Gasteiger partial charge in [0.15, 0.2) is 0 Å². The second-order valence-corrected chi connectivity index (χ2v) is 5.26. The van der Waals surface area contributed by atoms with Gasteiger partial charge in [-0.2, -0.15) is 0 Å². The Morgan fingerprint density at radius 3 is 2.12 bits per heavy atom. The summed E-state index contributed by atoms with van der Waals surface area (Å²) in [6.07, 6.45) is 3.66. The van der Waals surface area contributed by atoms with E-state index < -0.39 is 12.3 Å². The Labute approximate surface area is 95.6 Å². The van der Waals surface area contributed by atoms with Crippen molar-refractivity contribution in [2.24, 2.45) is 11.8 Å². The number of hydrogen-bond acceptors (Lipinski definition) is 1. The van der Waals surface area contributed by atoms with Gasteiger partial charge in [-0.05, 0) is 38.5 Å². The lowest BCUT2D eigenvalue weighted by Gasteiger charge is -2.30. The molecule has 2 saturated carbocycles. The van der Waals surface area contributed by atoms with E-state index in [0.29, 0.717) is 38.5 Å². The van der Waals surface area contributed by atoms with Crippen LogP contribution < -0.4 is 0 Å². The van der Waals surface area contributed by atoms with E-state index in [1.165, 1.54) is 0 Å². The fourth-order valence-electron chi connectivity index (χ4n) is 3.05. The Balaban J connectivity index is 1.90. The van der Waals surface area contributed by atoms with Crippen molar-refractivity contribution in [2.45, 2.75) is 63.7 Å². The van der Waals surface area contributed by atoms with Gasteiger partial charge in [0.2, 0.25) is 0 Å². The van der Waals surface area contributed by atoms with Crippen LogP contribution >= 0.6 is 0 Å². The highest BCUT2D eigenvalue weighted by Crippen LogP contribution is 2.34. The van der Waals surface area contributed by atoms with Crippen molar-refractivity contribution < 1.29 is 13.6 Å². The number of ketones is 1. The van der Waals surface area contributed by atoms with E-state index in [2.05, 4.69) is 0 Å². The van der Waals surface area contributed by atoms with Gasteiger partial charge < -0.3 is 0 Å². The Bertz CT molecular complexity index is 246. The average molecular weight is 230 g/mol. The van der Waals surface area contributed by atoms with Gasteiger partial charge in [0, 0.05) is 11.8 Å². The minimum absolute atomic E-state index is 0.0617. The second kappa shape index (κ2) is 5.24. The first-order valence-corrected chi connectivity index (χ1v) is 6.50. The molecular weight excluding hydrogens is 210 g/mol.